The van der Waals surface area contributed by atoms with Crippen LogP contribution in [0.15, 0.2) is 30.4 Å². The summed E-state index contributed by atoms with van der Waals surface area (Å²) in [7, 11) is 0. The number of nitriles is 1. The van der Waals surface area contributed by atoms with E-state index in [-0.39, 0.29) is 41.9 Å². The maximum absolute atomic E-state index is 13.6. The highest BCUT2D eigenvalue weighted by Gasteiger charge is 2.28. The topological polar surface area (TPSA) is 99.9 Å². The molecule has 0 aliphatic heterocycles. The number of carbonyl (C=O) groups excluding carboxylic acids is 3. The van der Waals surface area contributed by atoms with Crippen LogP contribution in [0.5, 0.6) is 0 Å². The van der Waals surface area contributed by atoms with Crippen molar-refractivity contribution >= 4 is 39.0 Å². The smallest absolute Gasteiger partial charge is 0.224 e. The predicted octanol–water partition coefficient (Wildman–Crippen LogP) is 6.66. The molecule has 0 radical (unpaired) electrons. The lowest BCUT2D eigenvalue weighted by atomic mass is 9.83. The molecule has 0 bridgehead atoms. The molecular weight excluding hydrogens is 494 g/mol. The molecule has 1 aromatic heterocycles. The number of fused-ring (bicyclic) bond motifs is 1. The number of hydrogen-bond acceptors (Lipinski definition) is 6. The minimum atomic E-state index is -0.501. The number of ketones is 2. The van der Waals surface area contributed by atoms with Crippen LogP contribution >= 0.6 is 11.3 Å². The van der Waals surface area contributed by atoms with E-state index in [2.05, 4.69) is 31.0 Å². The third-order valence-electron chi connectivity index (χ3n) is 7.58. The number of benzene rings is 1. The molecule has 3 rings (SSSR count). The SMILES string of the molecule is C=C(C#N)C(=O)CC[C@H](CC1CCCCC1)NC(=O)[C@@H](CC(=O)CCC)Cc1nc2ccc(CC)cc2s1. The van der Waals surface area contributed by atoms with Crippen LogP contribution in [0.3, 0.4) is 0 Å². The van der Waals surface area contributed by atoms with Crippen LogP contribution in [-0.4, -0.2) is 28.5 Å². The molecule has 0 spiro atoms. The largest absolute Gasteiger partial charge is 0.353 e. The number of nitrogens with zero attached hydrogens (tertiary/aromatic N) is 2. The van der Waals surface area contributed by atoms with Crippen molar-refractivity contribution in [1.82, 2.24) is 10.3 Å². The maximum atomic E-state index is 13.6. The Balaban J connectivity index is 1.76. The number of aromatic nitrogens is 1. The Morgan fingerprint density at radius 3 is 2.63 bits per heavy atom. The molecule has 204 valence electrons. The number of carbonyl (C=O) groups is 3. The first-order chi connectivity index (χ1) is 18.3. The number of aryl methyl sites for hydroxylation is 1. The van der Waals surface area contributed by atoms with Gasteiger partial charge >= 0.3 is 0 Å². The maximum Gasteiger partial charge on any atom is 0.224 e. The highest BCUT2D eigenvalue weighted by atomic mass is 32.1. The summed E-state index contributed by atoms with van der Waals surface area (Å²) in [5, 5.41) is 13.1. The van der Waals surface area contributed by atoms with Crippen LogP contribution in [0.1, 0.15) is 95.0 Å². The molecule has 1 amide bonds. The van der Waals surface area contributed by atoms with Crippen LogP contribution in [0.4, 0.5) is 0 Å². The molecule has 1 aliphatic rings. The van der Waals surface area contributed by atoms with E-state index in [9.17, 15) is 14.4 Å². The average molecular weight is 536 g/mol. The van der Waals surface area contributed by atoms with Crippen molar-refractivity contribution in [3.8, 4) is 6.07 Å². The van der Waals surface area contributed by atoms with Crippen LogP contribution in [0.25, 0.3) is 10.2 Å². The van der Waals surface area contributed by atoms with Crippen molar-refractivity contribution in [3.05, 3.63) is 40.9 Å². The molecule has 2 atom stereocenters. The van der Waals surface area contributed by atoms with Gasteiger partial charge in [-0.05, 0) is 49.3 Å². The first-order valence-corrected chi connectivity index (χ1v) is 15.0. The van der Waals surface area contributed by atoms with Crippen LogP contribution in [0, 0.1) is 23.2 Å². The Morgan fingerprint density at radius 1 is 1.18 bits per heavy atom. The Labute approximate surface area is 230 Å². The fraction of sp³-hybridized carbons (Fsp3) is 0.581. The average Bonchev–Trinajstić information content (AvgIpc) is 3.32. The first-order valence-electron chi connectivity index (χ1n) is 14.2. The van der Waals surface area contributed by atoms with Gasteiger partial charge in [0.05, 0.1) is 26.7 Å². The minimum Gasteiger partial charge on any atom is -0.353 e. The van der Waals surface area contributed by atoms with Crippen molar-refractivity contribution in [2.45, 2.75) is 103 Å². The van der Waals surface area contributed by atoms with Crippen LogP contribution < -0.4 is 5.32 Å². The second kappa shape index (κ2) is 14.9. The number of Topliss-reactive ketones (excluding diaryl/α,β-unsaturated/α-hetero) is 2. The molecule has 1 N–H and O–H groups in total. The van der Waals surface area contributed by atoms with Gasteiger partial charge in [0.15, 0.2) is 5.78 Å². The summed E-state index contributed by atoms with van der Waals surface area (Å²) in [6, 6.07) is 7.92. The van der Waals surface area contributed by atoms with E-state index in [0.29, 0.717) is 25.2 Å². The van der Waals surface area contributed by atoms with Gasteiger partial charge in [0.25, 0.3) is 0 Å². The summed E-state index contributed by atoms with van der Waals surface area (Å²) in [4.78, 5) is 43.4. The quantitative estimate of drug-likeness (QED) is 0.203. The van der Waals surface area contributed by atoms with Gasteiger partial charge in [-0.1, -0.05) is 58.6 Å². The highest BCUT2D eigenvalue weighted by Crippen LogP contribution is 2.30. The van der Waals surface area contributed by atoms with Crippen LogP contribution in [0.2, 0.25) is 0 Å². The monoisotopic (exact) mass is 535 g/mol. The van der Waals surface area contributed by atoms with E-state index < -0.39 is 5.92 Å². The van der Waals surface area contributed by atoms with Gasteiger partial charge < -0.3 is 5.32 Å². The number of allylic oxidation sites excluding steroid dienone is 1. The lowest BCUT2D eigenvalue weighted by Gasteiger charge is -2.28. The molecule has 6 nitrogen and oxygen atoms in total. The summed E-state index contributed by atoms with van der Waals surface area (Å²) in [6.45, 7) is 7.63. The van der Waals surface area contributed by atoms with Gasteiger partial charge in [-0.15, -0.1) is 11.3 Å². The molecule has 0 saturated heterocycles. The van der Waals surface area contributed by atoms with Crippen molar-refractivity contribution in [3.63, 3.8) is 0 Å². The van der Waals surface area contributed by atoms with Crippen molar-refractivity contribution < 1.29 is 14.4 Å². The lowest BCUT2D eigenvalue weighted by molar-refractivity contribution is -0.130. The second-order valence-electron chi connectivity index (χ2n) is 10.7. The van der Waals surface area contributed by atoms with E-state index in [4.69, 9.17) is 10.2 Å². The summed E-state index contributed by atoms with van der Waals surface area (Å²) in [6.07, 6.45) is 10.1. The Morgan fingerprint density at radius 2 is 1.95 bits per heavy atom. The Hall–Kier alpha value is -2.85. The zero-order valence-corrected chi connectivity index (χ0v) is 23.7. The van der Waals surface area contributed by atoms with Crippen molar-refractivity contribution in [2.75, 3.05) is 0 Å². The number of amides is 1. The molecule has 1 aliphatic carbocycles. The minimum absolute atomic E-state index is 0.0437. The molecular formula is C31H41N3O3S. The predicted molar refractivity (Wildman–Crippen MR) is 153 cm³/mol. The Bertz CT molecular complexity index is 1170. The van der Waals surface area contributed by atoms with Gasteiger partial charge in [0.2, 0.25) is 5.91 Å². The zero-order chi connectivity index (χ0) is 27.5. The molecule has 2 aromatic rings. The third-order valence-corrected chi connectivity index (χ3v) is 8.62. The molecule has 1 aromatic carbocycles. The summed E-state index contributed by atoms with van der Waals surface area (Å²) in [5.74, 6) is -0.313. The number of rotatable bonds is 15. The van der Waals surface area contributed by atoms with Gasteiger partial charge in [-0.3, -0.25) is 14.4 Å². The number of thiazole rings is 1. The summed E-state index contributed by atoms with van der Waals surface area (Å²) < 4.78 is 1.10. The fourth-order valence-electron chi connectivity index (χ4n) is 5.36. The van der Waals surface area contributed by atoms with Gasteiger partial charge in [0, 0.05) is 31.7 Å². The summed E-state index contributed by atoms with van der Waals surface area (Å²) >= 11 is 1.59. The number of nitrogens with one attached hydrogen (secondary N) is 1. The molecule has 38 heavy (non-hydrogen) atoms. The number of hydrogen-bond donors (Lipinski definition) is 1. The molecule has 1 heterocycles. The molecule has 1 saturated carbocycles. The van der Waals surface area contributed by atoms with Crippen molar-refractivity contribution in [1.29, 1.82) is 5.26 Å². The van der Waals surface area contributed by atoms with E-state index in [1.165, 1.54) is 24.8 Å². The lowest BCUT2D eigenvalue weighted by Crippen LogP contribution is -2.41. The second-order valence-corrected chi connectivity index (χ2v) is 11.8. The zero-order valence-electron chi connectivity index (χ0n) is 22.9. The van der Waals surface area contributed by atoms with Gasteiger partial charge in [-0.2, -0.15) is 5.26 Å². The highest BCUT2D eigenvalue weighted by molar-refractivity contribution is 7.18. The fourth-order valence-corrected chi connectivity index (χ4v) is 6.47. The first kappa shape index (κ1) is 29.7. The molecule has 0 unspecified atom stereocenters. The summed E-state index contributed by atoms with van der Waals surface area (Å²) in [5.41, 5.74) is 2.13. The van der Waals surface area contributed by atoms with E-state index in [1.807, 2.05) is 19.1 Å². The Kier molecular flexibility index (Phi) is 11.7. The van der Waals surface area contributed by atoms with E-state index >= 15 is 0 Å². The normalized spacial score (nSPS) is 15.5. The standard InChI is InChI=1S/C31H41N3O3S/c1-4-9-26(35)18-24(19-30-34-27-14-12-22(5-2)17-29(27)38-30)31(37)33-25(13-15-28(36)21(3)20-32)16-23-10-7-6-8-11-23/h12,14,17,23-25H,3-11,13,15-16,18-19H2,1-2H3,(H,33,37)/t24-,25+/m0/s1. The molecule has 1 fully saturated rings. The van der Waals surface area contributed by atoms with Crippen molar-refractivity contribution in [2.24, 2.45) is 11.8 Å². The van der Waals surface area contributed by atoms with Crippen LogP contribution in [-0.2, 0) is 27.2 Å². The molecule has 7 heteroatoms. The van der Waals surface area contributed by atoms with Gasteiger partial charge in [-0.25, -0.2) is 4.98 Å². The van der Waals surface area contributed by atoms with E-state index in [0.717, 1.165) is 47.3 Å². The third kappa shape index (κ3) is 8.87. The van der Waals surface area contributed by atoms with Gasteiger partial charge in [0.1, 0.15) is 11.9 Å². The van der Waals surface area contributed by atoms with E-state index in [1.54, 1.807) is 11.3 Å².